The first-order valence-electron chi connectivity index (χ1n) is 7.80. The van der Waals surface area contributed by atoms with Crippen LogP contribution in [-0.4, -0.2) is 66.7 Å². The van der Waals surface area contributed by atoms with Crippen molar-refractivity contribution in [3.63, 3.8) is 0 Å². The zero-order valence-electron chi connectivity index (χ0n) is 13.8. The van der Waals surface area contributed by atoms with Crippen molar-refractivity contribution >= 4 is 39.0 Å². The van der Waals surface area contributed by atoms with Gasteiger partial charge in [0.25, 0.3) is 0 Å². The fourth-order valence-corrected chi connectivity index (χ4v) is 5.11. The van der Waals surface area contributed by atoms with Crippen LogP contribution in [0.1, 0.15) is 0 Å². The zero-order chi connectivity index (χ0) is 17.9. The lowest BCUT2D eigenvalue weighted by atomic mass is 10.2. The molecule has 1 aromatic carbocycles. The first kappa shape index (κ1) is 18.4. The third-order valence-electron chi connectivity index (χ3n) is 3.93. The maximum Gasteiger partial charge on any atom is 0.233 e. The molecule has 2 heterocycles. The summed E-state index contributed by atoms with van der Waals surface area (Å²) in [6, 6.07) is 9.93. The minimum Gasteiger partial charge on any atom is -0.339 e. The van der Waals surface area contributed by atoms with Crippen molar-refractivity contribution in [1.29, 1.82) is 0 Å². The SMILES string of the molecule is CS(=O)(=O)N1CCN(C(=O)CSc2nc(-c3ccccc3)cs2)CC1. The highest BCUT2D eigenvalue weighted by atomic mass is 32.2. The van der Waals surface area contributed by atoms with Crippen molar-refractivity contribution in [2.45, 2.75) is 4.34 Å². The van der Waals surface area contributed by atoms with Gasteiger partial charge in [-0.2, -0.15) is 4.31 Å². The van der Waals surface area contributed by atoms with E-state index in [1.807, 2.05) is 35.7 Å². The molecule has 3 rings (SSSR count). The van der Waals surface area contributed by atoms with Gasteiger partial charge in [0.2, 0.25) is 15.9 Å². The smallest absolute Gasteiger partial charge is 0.233 e. The van der Waals surface area contributed by atoms with Crippen LogP contribution in [0.15, 0.2) is 40.1 Å². The van der Waals surface area contributed by atoms with Crippen LogP contribution < -0.4 is 0 Å². The van der Waals surface area contributed by atoms with E-state index in [0.717, 1.165) is 15.6 Å². The molecule has 0 radical (unpaired) electrons. The predicted molar refractivity (Wildman–Crippen MR) is 101 cm³/mol. The number of aromatic nitrogens is 1. The van der Waals surface area contributed by atoms with Crippen molar-refractivity contribution in [2.75, 3.05) is 38.2 Å². The number of carbonyl (C=O) groups is 1. The molecule has 0 saturated carbocycles. The lowest BCUT2D eigenvalue weighted by Crippen LogP contribution is -2.50. The lowest BCUT2D eigenvalue weighted by Gasteiger charge is -2.33. The van der Waals surface area contributed by atoms with Crippen LogP contribution in [0.2, 0.25) is 0 Å². The highest BCUT2D eigenvalue weighted by Crippen LogP contribution is 2.28. The van der Waals surface area contributed by atoms with Gasteiger partial charge < -0.3 is 4.90 Å². The van der Waals surface area contributed by atoms with Crippen molar-refractivity contribution in [1.82, 2.24) is 14.2 Å². The molecule has 0 aliphatic carbocycles. The Kier molecular flexibility index (Phi) is 5.78. The summed E-state index contributed by atoms with van der Waals surface area (Å²) >= 11 is 2.96. The van der Waals surface area contributed by atoms with E-state index in [0.29, 0.717) is 31.9 Å². The molecule has 1 aliphatic rings. The minimum absolute atomic E-state index is 0.0228. The maximum atomic E-state index is 12.3. The van der Waals surface area contributed by atoms with Gasteiger partial charge in [-0.25, -0.2) is 13.4 Å². The molecule has 0 spiro atoms. The van der Waals surface area contributed by atoms with Crippen molar-refractivity contribution in [3.8, 4) is 11.3 Å². The molecule has 1 saturated heterocycles. The summed E-state index contributed by atoms with van der Waals surface area (Å²) in [5.41, 5.74) is 1.98. The molecule has 9 heteroatoms. The number of rotatable bonds is 5. The number of benzene rings is 1. The van der Waals surface area contributed by atoms with Gasteiger partial charge in [-0.05, 0) is 0 Å². The summed E-state index contributed by atoms with van der Waals surface area (Å²) in [7, 11) is -3.17. The van der Waals surface area contributed by atoms with Crippen LogP contribution >= 0.6 is 23.1 Å². The zero-order valence-corrected chi connectivity index (χ0v) is 16.2. The van der Waals surface area contributed by atoms with E-state index in [1.54, 1.807) is 4.90 Å². The average Bonchev–Trinajstić information content (AvgIpc) is 3.09. The Morgan fingerprint density at radius 2 is 1.88 bits per heavy atom. The van der Waals surface area contributed by atoms with Crippen molar-refractivity contribution in [2.24, 2.45) is 0 Å². The second-order valence-corrected chi connectivity index (χ2v) is 9.76. The van der Waals surface area contributed by atoms with Crippen LogP contribution in [0.4, 0.5) is 0 Å². The average molecular weight is 398 g/mol. The third-order valence-corrected chi connectivity index (χ3v) is 7.24. The van der Waals surface area contributed by atoms with Crippen molar-refractivity contribution in [3.05, 3.63) is 35.7 Å². The first-order valence-corrected chi connectivity index (χ1v) is 11.5. The number of amides is 1. The standard InChI is InChI=1S/C16H19N3O3S3/c1-25(21,22)19-9-7-18(8-10-19)15(20)12-24-16-17-14(11-23-16)13-5-3-2-4-6-13/h2-6,11H,7-10,12H2,1H3. The van der Waals surface area contributed by atoms with Crippen LogP contribution in [0.25, 0.3) is 11.3 Å². The summed E-state index contributed by atoms with van der Waals surface area (Å²) in [5, 5.41) is 1.99. The molecular formula is C16H19N3O3S3. The molecule has 134 valence electrons. The molecule has 2 aromatic rings. The molecule has 1 amide bonds. The number of hydrogen-bond acceptors (Lipinski definition) is 6. The van der Waals surface area contributed by atoms with E-state index >= 15 is 0 Å². The topological polar surface area (TPSA) is 70.6 Å². The van der Waals surface area contributed by atoms with E-state index in [-0.39, 0.29) is 5.91 Å². The van der Waals surface area contributed by atoms with Gasteiger partial charge in [0.15, 0.2) is 4.34 Å². The fourth-order valence-electron chi connectivity index (χ4n) is 2.55. The van der Waals surface area contributed by atoms with Gasteiger partial charge in [0.1, 0.15) is 0 Å². The normalized spacial score (nSPS) is 16.1. The Balaban J connectivity index is 1.51. The van der Waals surface area contributed by atoms with Crippen molar-refractivity contribution < 1.29 is 13.2 Å². The maximum absolute atomic E-state index is 12.3. The first-order chi connectivity index (χ1) is 11.9. The van der Waals surface area contributed by atoms with Gasteiger partial charge >= 0.3 is 0 Å². The van der Waals surface area contributed by atoms with E-state index in [1.165, 1.54) is 33.7 Å². The monoisotopic (exact) mass is 397 g/mol. The number of piperazine rings is 1. The molecule has 1 aliphatic heterocycles. The van der Waals surface area contributed by atoms with Crippen LogP contribution in [0, 0.1) is 0 Å². The van der Waals surface area contributed by atoms with E-state index in [2.05, 4.69) is 4.98 Å². The van der Waals surface area contributed by atoms with Gasteiger partial charge in [-0.15, -0.1) is 11.3 Å². The summed E-state index contributed by atoms with van der Waals surface area (Å²) in [6.45, 7) is 1.62. The van der Waals surface area contributed by atoms with E-state index < -0.39 is 10.0 Å². The molecule has 1 aromatic heterocycles. The van der Waals surface area contributed by atoms with Gasteiger partial charge in [-0.1, -0.05) is 42.1 Å². The largest absolute Gasteiger partial charge is 0.339 e. The summed E-state index contributed by atoms with van der Waals surface area (Å²) < 4.78 is 25.3. The Morgan fingerprint density at radius 1 is 1.20 bits per heavy atom. The van der Waals surface area contributed by atoms with Gasteiger partial charge in [0.05, 0.1) is 17.7 Å². The van der Waals surface area contributed by atoms with Gasteiger partial charge in [-0.3, -0.25) is 4.79 Å². The van der Waals surface area contributed by atoms with E-state index in [9.17, 15) is 13.2 Å². The number of carbonyl (C=O) groups excluding carboxylic acids is 1. The lowest BCUT2D eigenvalue weighted by molar-refractivity contribution is -0.129. The highest BCUT2D eigenvalue weighted by Gasteiger charge is 2.26. The second-order valence-electron chi connectivity index (χ2n) is 5.70. The summed E-state index contributed by atoms with van der Waals surface area (Å²) in [5.74, 6) is 0.343. The molecule has 0 N–H and O–H groups in total. The van der Waals surface area contributed by atoms with Gasteiger partial charge in [0, 0.05) is 37.1 Å². The molecule has 25 heavy (non-hydrogen) atoms. The Bertz CT molecular complexity index is 829. The Morgan fingerprint density at radius 3 is 2.52 bits per heavy atom. The number of thiazole rings is 1. The Labute approximate surface area is 155 Å². The minimum atomic E-state index is -3.17. The number of thioether (sulfide) groups is 1. The molecule has 6 nitrogen and oxygen atoms in total. The Hall–Kier alpha value is -1.42. The highest BCUT2D eigenvalue weighted by molar-refractivity contribution is 8.01. The third kappa shape index (κ3) is 4.81. The summed E-state index contributed by atoms with van der Waals surface area (Å²) in [6.07, 6.45) is 1.20. The second kappa shape index (κ2) is 7.86. The molecule has 0 bridgehead atoms. The van der Waals surface area contributed by atoms with Crippen LogP contribution in [0.3, 0.4) is 0 Å². The quantitative estimate of drug-likeness (QED) is 0.722. The molecule has 0 unspecified atom stereocenters. The number of nitrogens with zero attached hydrogens (tertiary/aromatic N) is 3. The van der Waals surface area contributed by atoms with Crippen LogP contribution in [-0.2, 0) is 14.8 Å². The summed E-state index contributed by atoms with van der Waals surface area (Å²) in [4.78, 5) is 18.6. The molecule has 0 atom stereocenters. The fraction of sp³-hybridized carbons (Fsp3) is 0.375. The molecular weight excluding hydrogens is 378 g/mol. The number of hydrogen-bond donors (Lipinski definition) is 0. The number of sulfonamides is 1. The van der Waals surface area contributed by atoms with Crippen LogP contribution in [0.5, 0.6) is 0 Å². The molecule has 1 fully saturated rings. The van der Waals surface area contributed by atoms with E-state index in [4.69, 9.17) is 0 Å². The predicted octanol–water partition coefficient (Wildman–Crippen LogP) is 2.01.